The second-order valence-corrected chi connectivity index (χ2v) is 9.60. The molecular formula is C32H34F3N5O3. The van der Waals surface area contributed by atoms with Crippen LogP contribution in [0.15, 0.2) is 97.1 Å². The molecule has 0 aliphatic rings. The fourth-order valence-corrected chi connectivity index (χ4v) is 4.02. The zero-order valence-corrected chi connectivity index (χ0v) is 23.6. The predicted molar refractivity (Wildman–Crippen MR) is 160 cm³/mol. The molecule has 4 N–H and O–H groups in total. The Morgan fingerprint density at radius 1 is 0.791 bits per heavy atom. The maximum absolute atomic E-state index is 13.2. The van der Waals surface area contributed by atoms with Crippen molar-refractivity contribution in [1.82, 2.24) is 15.3 Å². The van der Waals surface area contributed by atoms with Gasteiger partial charge in [-0.1, -0.05) is 91.0 Å². The molecule has 1 amide bonds. The maximum Gasteiger partial charge on any atom is 0.490 e. The van der Waals surface area contributed by atoms with Crippen LogP contribution < -0.4 is 16.0 Å². The summed E-state index contributed by atoms with van der Waals surface area (Å²) in [5, 5.41) is 16.9. The van der Waals surface area contributed by atoms with Gasteiger partial charge in [0.1, 0.15) is 11.9 Å². The van der Waals surface area contributed by atoms with Gasteiger partial charge in [0, 0.05) is 31.3 Å². The van der Waals surface area contributed by atoms with Crippen molar-refractivity contribution in [3.05, 3.63) is 119 Å². The first kappa shape index (κ1) is 32.6. The number of aliphatic carboxylic acids is 1. The topological polar surface area (TPSA) is 116 Å². The van der Waals surface area contributed by atoms with E-state index >= 15 is 0 Å². The van der Waals surface area contributed by atoms with Crippen molar-refractivity contribution < 1.29 is 27.9 Å². The summed E-state index contributed by atoms with van der Waals surface area (Å²) in [6.45, 7) is 3.23. The molecule has 0 aliphatic heterocycles. The molecule has 1 heterocycles. The van der Waals surface area contributed by atoms with E-state index in [0.717, 1.165) is 30.6 Å². The van der Waals surface area contributed by atoms with Gasteiger partial charge in [0.15, 0.2) is 0 Å². The van der Waals surface area contributed by atoms with Crippen LogP contribution in [0.5, 0.6) is 0 Å². The first-order valence-electron chi connectivity index (χ1n) is 13.7. The Morgan fingerprint density at radius 3 is 1.79 bits per heavy atom. The molecule has 11 heteroatoms. The molecule has 0 bridgehead atoms. The van der Waals surface area contributed by atoms with Gasteiger partial charge in [-0.15, -0.1) is 0 Å². The van der Waals surface area contributed by atoms with E-state index in [0.29, 0.717) is 24.7 Å². The Hall–Kier alpha value is -4.93. The van der Waals surface area contributed by atoms with Crippen LogP contribution in [-0.2, 0) is 28.9 Å². The third-order valence-corrected chi connectivity index (χ3v) is 6.11. The smallest absolute Gasteiger partial charge is 0.475 e. The van der Waals surface area contributed by atoms with Gasteiger partial charge in [-0.2, -0.15) is 18.2 Å². The lowest BCUT2D eigenvalue weighted by molar-refractivity contribution is -0.192. The molecule has 43 heavy (non-hydrogen) atoms. The Morgan fingerprint density at radius 2 is 1.28 bits per heavy atom. The fourth-order valence-electron chi connectivity index (χ4n) is 4.02. The van der Waals surface area contributed by atoms with Gasteiger partial charge < -0.3 is 21.1 Å². The number of nitrogens with zero attached hydrogens (tertiary/aromatic N) is 2. The van der Waals surface area contributed by atoms with Crippen LogP contribution in [-0.4, -0.2) is 52.3 Å². The number of aromatic nitrogens is 2. The first-order valence-corrected chi connectivity index (χ1v) is 13.7. The quantitative estimate of drug-likeness (QED) is 0.173. The standard InChI is InChI=1S/C30H33N5O.C2HF3O2/c1-23-21-28(35-30(33-23)32-20-18-25-13-7-3-8-14-25)34-27(22-26-15-9-4-10-16-26)29(36)31-19-17-24-11-5-2-6-12-24;3-2(4,5)1(6)7/h2-16,21,27H,17-20,22H2,1H3,(H,31,36)(H2,32,33,34,35);(H,6,7)/t27-;/m0./s1. The zero-order chi connectivity index (χ0) is 31.1. The SMILES string of the molecule is Cc1cc(N[C@@H](Cc2ccccc2)C(=O)NCCc2ccccc2)nc(NCCc2ccccc2)n1.O=C(O)C(F)(F)F. The number of benzene rings is 3. The average molecular weight is 594 g/mol. The minimum Gasteiger partial charge on any atom is -0.475 e. The molecule has 0 radical (unpaired) electrons. The average Bonchev–Trinajstić information content (AvgIpc) is 2.98. The number of carbonyl (C=O) groups excluding carboxylic acids is 1. The lowest BCUT2D eigenvalue weighted by atomic mass is 10.0. The number of carboxylic acid groups (broad SMARTS) is 1. The van der Waals surface area contributed by atoms with Crippen molar-refractivity contribution >= 4 is 23.6 Å². The van der Waals surface area contributed by atoms with E-state index < -0.39 is 18.2 Å². The second-order valence-electron chi connectivity index (χ2n) is 9.60. The van der Waals surface area contributed by atoms with Gasteiger partial charge in [0.2, 0.25) is 11.9 Å². The van der Waals surface area contributed by atoms with Crippen LogP contribution in [0, 0.1) is 6.92 Å². The number of carboxylic acids is 1. The highest BCUT2D eigenvalue weighted by atomic mass is 19.4. The molecular weight excluding hydrogens is 559 g/mol. The molecule has 1 atom stereocenters. The molecule has 0 spiro atoms. The largest absolute Gasteiger partial charge is 0.490 e. The van der Waals surface area contributed by atoms with Crippen LogP contribution in [0.25, 0.3) is 0 Å². The van der Waals surface area contributed by atoms with Crippen LogP contribution in [0.3, 0.4) is 0 Å². The number of amides is 1. The number of carbonyl (C=O) groups is 2. The maximum atomic E-state index is 13.2. The van der Waals surface area contributed by atoms with Gasteiger partial charge in [-0.25, -0.2) is 9.78 Å². The Labute approximate surface area is 248 Å². The fraction of sp³-hybridized carbons (Fsp3) is 0.250. The number of anilines is 2. The molecule has 8 nitrogen and oxygen atoms in total. The van der Waals surface area contributed by atoms with Crippen LogP contribution in [0.4, 0.5) is 24.9 Å². The van der Waals surface area contributed by atoms with E-state index in [-0.39, 0.29) is 5.91 Å². The lowest BCUT2D eigenvalue weighted by Crippen LogP contribution is -2.42. The van der Waals surface area contributed by atoms with Gasteiger partial charge in [-0.3, -0.25) is 4.79 Å². The van der Waals surface area contributed by atoms with Crippen molar-refractivity contribution in [1.29, 1.82) is 0 Å². The van der Waals surface area contributed by atoms with E-state index in [2.05, 4.69) is 50.2 Å². The number of aryl methyl sites for hydroxylation is 1. The third kappa shape index (κ3) is 12.2. The number of hydrogen-bond acceptors (Lipinski definition) is 6. The van der Waals surface area contributed by atoms with Crippen molar-refractivity contribution in [2.75, 3.05) is 23.7 Å². The van der Waals surface area contributed by atoms with Crippen molar-refractivity contribution in [2.45, 2.75) is 38.4 Å². The summed E-state index contributed by atoms with van der Waals surface area (Å²) in [6.07, 6.45) is -2.87. The summed E-state index contributed by atoms with van der Waals surface area (Å²) in [4.78, 5) is 31.3. The lowest BCUT2D eigenvalue weighted by Gasteiger charge is -2.20. The zero-order valence-electron chi connectivity index (χ0n) is 23.6. The van der Waals surface area contributed by atoms with Crippen LogP contribution >= 0.6 is 0 Å². The molecule has 0 unspecified atom stereocenters. The molecule has 0 saturated carbocycles. The minimum atomic E-state index is -5.08. The van der Waals surface area contributed by atoms with E-state index in [1.54, 1.807) is 0 Å². The van der Waals surface area contributed by atoms with Gasteiger partial charge >= 0.3 is 12.1 Å². The highest BCUT2D eigenvalue weighted by Gasteiger charge is 2.38. The van der Waals surface area contributed by atoms with E-state index in [4.69, 9.17) is 9.90 Å². The van der Waals surface area contributed by atoms with Crippen molar-refractivity contribution in [3.8, 4) is 0 Å². The van der Waals surface area contributed by atoms with Crippen molar-refractivity contribution in [2.24, 2.45) is 0 Å². The summed E-state index contributed by atoms with van der Waals surface area (Å²) < 4.78 is 31.7. The summed E-state index contributed by atoms with van der Waals surface area (Å²) in [6, 6.07) is 31.9. The minimum absolute atomic E-state index is 0.0513. The highest BCUT2D eigenvalue weighted by Crippen LogP contribution is 2.15. The molecule has 226 valence electrons. The molecule has 0 aliphatic carbocycles. The summed E-state index contributed by atoms with van der Waals surface area (Å²) in [5.74, 6) is -1.63. The number of nitrogens with one attached hydrogen (secondary N) is 3. The Bertz CT molecular complexity index is 1420. The van der Waals surface area contributed by atoms with Gasteiger partial charge in [-0.05, 0) is 36.5 Å². The van der Waals surface area contributed by atoms with Crippen molar-refractivity contribution in [3.63, 3.8) is 0 Å². The Balaban J connectivity index is 0.000000646. The molecule has 3 aromatic carbocycles. The molecule has 0 saturated heterocycles. The summed E-state index contributed by atoms with van der Waals surface area (Å²) in [7, 11) is 0. The first-order chi connectivity index (χ1) is 20.6. The number of alkyl halides is 3. The normalized spacial score (nSPS) is 11.4. The number of halogens is 3. The molecule has 0 fully saturated rings. The third-order valence-electron chi connectivity index (χ3n) is 6.11. The van der Waals surface area contributed by atoms with E-state index in [1.807, 2.05) is 79.7 Å². The molecule has 4 aromatic rings. The summed E-state index contributed by atoms with van der Waals surface area (Å²) >= 11 is 0. The van der Waals surface area contributed by atoms with Crippen LogP contribution in [0.1, 0.15) is 22.4 Å². The summed E-state index contributed by atoms with van der Waals surface area (Å²) in [5.41, 5.74) is 4.37. The monoisotopic (exact) mass is 593 g/mol. The Kier molecular flexibility index (Phi) is 12.5. The highest BCUT2D eigenvalue weighted by molar-refractivity contribution is 5.84. The van der Waals surface area contributed by atoms with Crippen LogP contribution in [0.2, 0.25) is 0 Å². The van der Waals surface area contributed by atoms with Gasteiger partial charge in [0.25, 0.3) is 0 Å². The van der Waals surface area contributed by atoms with E-state index in [1.165, 1.54) is 11.1 Å². The number of rotatable bonds is 12. The molecule has 1 aromatic heterocycles. The second kappa shape index (κ2) is 16.5. The van der Waals surface area contributed by atoms with Gasteiger partial charge in [0.05, 0.1) is 0 Å². The predicted octanol–water partition coefficient (Wildman–Crippen LogP) is 5.46. The number of hydrogen-bond donors (Lipinski definition) is 4. The molecule has 4 rings (SSSR count). The van der Waals surface area contributed by atoms with E-state index in [9.17, 15) is 18.0 Å².